The summed E-state index contributed by atoms with van der Waals surface area (Å²) in [6, 6.07) is 1.66. The van der Waals surface area contributed by atoms with Gasteiger partial charge in [0.1, 0.15) is 4.34 Å². The Hall–Kier alpha value is -1.54. The number of amides is 1. The minimum Gasteiger partial charge on any atom is -0.324 e. The lowest BCUT2D eigenvalue weighted by atomic mass is 9.85. The normalized spacial score (nSPS) is 18.1. The number of hydrogen-bond donors (Lipinski definition) is 2. The predicted octanol–water partition coefficient (Wildman–Crippen LogP) is 3.89. The van der Waals surface area contributed by atoms with Crippen molar-refractivity contribution < 1.29 is 18.0 Å². The van der Waals surface area contributed by atoms with Gasteiger partial charge in [-0.05, 0) is 30.7 Å². The third-order valence-electron chi connectivity index (χ3n) is 3.66. The van der Waals surface area contributed by atoms with Crippen LogP contribution in [0.5, 0.6) is 0 Å². The Labute approximate surface area is 132 Å². The van der Waals surface area contributed by atoms with Crippen molar-refractivity contribution in [2.75, 3.05) is 5.32 Å². The predicted molar refractivity (Wildman–Crippen MR) is 77.1 cm³/mol. The number of thiophene rings is 1. The molecule has 0 fully saturated rings. The van der Waals surface area contributed by atoms with Gasteiger partial charge in [0.05, 0.1) is 5.69 Å². The summed E-state index contributed by atoms with van der Waals surface area (Å²) in [5, 5.41) is 10.2. The second-order valence-electron chi connectivity index (χ2n) is 5.06. The van der Waals surface area contributed by atoms with Crippen molar-refractivity contribution in [3.05, 3.63) is 32.7 Å². The van der Waals surface area contributed by atoms with E-state index in [1.165, 1.54) is 11.3 Å². The van der Waals surface area contributed by atoms with E-state index in [1.807, 2.05) is 0 Å². The smallest absolute Gasteiger partial charge is 0.324 e. The fourth-order valence-electron chi connectivity index (χ4n) is 2.57. The highest BCUT2D eigenvalue weighted by molar-refractivity contribution is 7.15. The fourth-order valence-corrected chi connectivity index (χ4v) is 3.40. The fraction of sp³-hybridized carbons (Fsp3) is 0.385. The summed E-state index contributed by atoms with van der Waals surface area (Å²) >= 11 is 7.19. The summed E-state index contributed by atoms with van der Waals surface area (Å²) in [6.07, 6.45) is -3.65. The SMILES string of the molecule is O=C(Nc1ccsc1Cl)[C@@H]1CCc2[nH]nc(C(F)(F)F)c2C1. The van der Waals surface area contributed by atoms with Crippen molar-refractivity contribution >= 4 is 34.5 Å². The number of aromatic amines is 1. The zero-order valence-electron chi connectivity index (χ0n) is 11.1. The van der Waals surface area contributed by atoms with Crippen molar-refractivity contribution in [3.8, 4) is 0 Å². The standard InChI is InChI=1S/C13H11ClF3N3OS/c14-11-9(3-4-22-11)18-12(21)6-1-2-8-7(5-6)10(20-19-8)13(15,16)17/h3-4,6H,1-2,5H2,(H,18,21)(H,19,20)/t6-/m1/s1. The van der Waals surface area contributed by atoms with Crippen LogP contribution < -0.4 is 5.32 Å². The van der Waals surface area contributed by atoms with Gasteiger partial charge < -0.3 is 5.32 Å². The van der Waals surface area contributed by atoms with Gasteiger partial charge in [0.25, 0.3) is 0 Å². The lowest BCUT2D eigenvalue weighted by Crippen LogP contribution is -2.28. The Bertz CT molecular complexity index is 710. The molecule has 2 N–H and O–H groups in total. The molecule has 0 unspecified atom stereocenters. The maximum atomic E-state index is 12.9. The summed E-state index contributed by atoms with van der Waals surface area (Å²) < 4.78 is 39.1. The summed E-state index contributed by atoms with van der Waals surface area (Å²) in [4.78, 5) is 12.2. The number of hydrogen-bond acceptors (Lipinski definition) is 3. The number of nitrogens with one attached hydrogen (secondary N) is 2. The summed E-state index contributed by atoms with van der Waals surface area (Å²) in [5.41, 5.74) is 0.125. The van der Waals surface area contributed by atoms with Gasteiger partial charge in [-0.3, -0.25) is 9.89 Å². The highest BCUT2D eigenvalue weighted by atomic mass is 35.5. The van der Waals surface area contributed by atoms with E-state index in [1.54, 1.807) is 11.4 Å². The van der Waals surface area contributed by atoms with Crippen LogP contribution in [-0.4, -0.2) is 16.1 Å². The second kappa shape index (κ2) is 5.58. The van der Waals surface area contributed by atoms with Crippen LogP contribution in [0.4, 0.5) is 18.9 Å². The number of rotatable bonds is 2. The van der Waals surface area contributed by atoms with E-state index in [0.29, 0.717) is 28.6 Å². The molecule has 2 aromatic heterocycles. The zero-order chi connectivity index (χ0) is 15.9. The number of alkyl halides is 3. The first-order valence-corrected chi connectivity index (χ1v) is 7.79. The Kier molecular flexibility index (Phi) is 3.90. The molecule has 118 valence electrons. The Morgan fingerprint density at radius 1 is 1.50 bits per heavy atom. The zero-order valence-corrected chi connectivity index (χ0v) is 12.7. The summed E-state index contributed by atoms with van der Waals surface area (Å²) in [7, 11) is 0. The maximum Gasteiger partial charge on any atom is 0.435 e. The molecule has 0 radical (unpaired) electrons. The number of halogens is 4. The lowest BCUT2D eigenvalue weighted by Gasteiger charge is -2.22. The van der Waals surface area contributed by atoms with Crippen LogP contribution in [-0.2, 0) is 23.8 Å². The molecule has 2 aromatic rings. The quantitative estimate of drug-likeness (QED) is 0.864. The molecule has 4 nitrogen and oxygen atoms in total. The van der Waals surface area contributed by atoms with E-state index < -0.39 is 17.8 Å². The van der Waals surface area contributed by atoms with E-state index in [9.17, 15) is 18.0 Å². The van der Waals surface area contributed by atoms with Crippen LogP contribution in [0.1, 0.15) is 23.4 Å². The first-order chi connectivity index (χ1) is 10.4. The van der Waals surface area contributed by atoms with E-state index >= 15 is 0 Å². The van der Waals surface area contributed by atoms with Crippen LogP contribution in [0, 0.1) is 5.92 Å². The molecular weight excluding hydrogens is 339 g/mol. The average molecular weight is 350 g/mol. The van der Waals surface area contributed by atoms with Crippen LogP contribution in [0.2, 0.25) is 4.34 Å². The van der Waals surface area contributed by atoms with E-state index in [4.69, 9.17) is 11.6 Å². The van der Waals surface area contributed by atoms with Gasteiger partial charge in [-0.2, -0.15) is 18.3 Å². The number of aromatic nitrogens is 2. The van der Waals surface area contributed by atoms with Crippen LogP contribution in [0.15, 0.2) is 11.4 Å². The molecule has 1 amide bonds. The number of nitrogens with zero attached hydrogens (tertiary/aromatic N) is 1. The lowest BCUT2D eigenvalue weighted by molar-refractivity contribution is -0.142. The molecule has 22 heavy (non-hydrogen) atoms. The van der Waals surface area contributed by atoms with E-state index in [-0.39, 0.29) is 17.9 Å². The molecule has 3 rings (SSSR count). The van der Waals surface area contributed by atoms with Gasteiger partial charge in [-0.15, -0.1) is 11.3 Å². The van der Waals surface area contributed by atoms with Crippen molar-refractivity contribution in [3.63, 3.8) is 0 Å². The number of aryl methyl sites for hydroxylation is 1. The Balaban J connectivity index is 1.78. The molecule has 1 aliphatic carbocycles. The first kappa shape index (κ1) is 15.4. The minimum atomic E-state index is -4.51. The van der Waals surface area contributed by atoms with Crippen molar-refractivity contribution in [2.45, 2.75) is 25.4 Å². The van der Waals surface area contributed by atoms with Crippen LogP contribution in [0.3, 0.4) is 0 Å². The average Bonchev–Trinajstić information content (AvgIpc) is 3.04. The molecule has 0 saturated carbocycles. The first-order valence-electron chi connectivity index (χ1n) is 6.53. The van der Waals surface area contributed by atoms with Gasteiger partial charge in [-0.25, -0.2) is 0 Å². The highest BCUT2D eigenvalue weighted by Crippen LogP contribution is 2.36. The molecule has 9 heteroatoms. The molecule has 1 aliphatic rings. The Morgan fingerprint density at radius 2 is 2.27 bits per heavy atom. The highest BCUT2D eigenvalue weighted by Gasteiger charge is 2.40. The topological polar surface area (TPSA) is 57.8 Å². The summed E-state index contributed by atoms with van der Waals surface area (Å²) in [6.45, 7) is 0. The number of anilines is 1. The number of H-pyrrole nitrogens is 1. The van der Waals surface area contributed by atoms with Crippen LogP contribution in [0.25, 0.3) is 0 Å². The van der Waals surface area contributed by atoms with Gasteiger partial charge in [0.15, 0.2) is 5.69 Å². The molecule has 0 spiro atoms. The van der Waals surface area contributed by atoms with Gasteiger partial charge in [0, 0.05) is 17.2 Å². The van der Waals surface area contributed by atoms with Crippen LogP contribution >= 0.6 is 22.9 Å². The number of fused-ring (bicyclic) bond motifs is 1. The molecule has 0 saturated heterocycles. The summed E-state index contributed by atoms with van der Waals surface area (Å²) in [5.74, 6) is -0.845. The third kappa shape index (κ3) is 2.85. The van der Waals surface area contributed by atoms with Gasteiger partial charge in [-0.1, -0.05) is 11.6 Å². The molecule has 0 aromatic carbocycles. The van der Waals surface area contributed by atoms with Crippen molar-refractivity contribution in [2.24, 2.45) is 5.92 Å². The largest absolute Gasteiger partial charge is 0.435 e. The number of carbonyl (C=O) groups is 1. The van der Waals surface area contributed by atoms with Crippen molar-refractivity contribution in [1.82, 2.24) is 10.2 Å². The number of carbonyl (C=O) groups excluding carboxylic acids is 1. The van der Waals surface area contributed by atoms with E-state index in [0.717, 1.165) is 0 Å². The minimum absolute atomic E-state index is 0.0221. The molecule has 1 atom stereocenters. The second-order valence-corrected chi connectivity index (χ2v) is 6.58. The molecule has 0 bridgehead atoms. The molecule has 0 aliphatic heterocycles. The molecular formula is C13H11ClF3N3OS. The van der Waals surface area contributed by atoms with E-state index in [2.05, 4.69) is 15.5 Å². The van der Waals surface area contributed by atoms with Gasteiger partial charge in [0.2, 0.25) is 5.91 Å². The molecule has 2 heterocycles. The third-order valence-corrected chi connectivity index (χ3v) is 4.83. The van der Waals surface area contributed by atoms with Gasteiger partial charge >= 0.3 is 6.18 Å². The van der Waals surface area contributed by atoms with Crippen molar-refractivity contribution in [1.29, 1.82) is 0 Å². The Morgan fingerprint density at radius 3 is 2.91 bits per heavy atom. The maximum absolute atomic E-state index is 12.9. The monoisotopic (exact) mass is 349 g/mol.